The first-order chi connectivity index (χ1) is 12.1. The van der Waals surface area contributed by atoms with Crippen molar-refractivity contribution in [3.05, 3.63) is 58.4 Å². The molecule has 0 aliphatic rings. The minimum atomic E-state index is -0.276. The van der Waals surface area contributed by atoms with Crippen LogP contribution in [0, 0.1) is 19.3 Å². The summed E-state index contributed by atoms with van der Waals surface area (Å²) in [6.45, 7) is 4.88. The minimum absolute atomic E-state index is 0.276. The second kappa shape index (κ2) is 7.37. The minimum Gasteiger partial charge on any atom is -0.494 e. The summed E-state index contributed by atoms with van der Waals surface area (Å²) in [5, 5.41) is 0. The van der Waals surface area contributed by atoms with Crippen molar-refractivity contribution in [2.75, 3.05) is 6.61 Å². The molecular weight excluding hydrogens is 332 g/mol. The number of fused-ring (bicyclic) bond motifs is 1. The Balaban J connectivity index is 2.10. The van der Waals surface area contributed by atoms with Crippen molar-refractivity contribution in [2.45, 2.75) is 20.4 Å². The number of nitrogens with zero attached hydrogens (tertiary/aromatic N) is 2. The van der Waals surface area contributed by atoms with Gasteiger partial charge in [0.1, 0.15) is 5.75 Å². The van der Waals surface area contributed by atoms with Crippen LogP contribution < -0.4 is 9.54 Å². The first-order valence-electron chi connectivity index (χ1n) is 7.97. The van der Waals surface area contributed by atoms with Crippen molar-refractivity contribution in [3.8, 4) is 18.1 Å². The Bertz CT molecular complexity index is 1020. The number of amides is 1. The van der Waals surface area contributed by atoms with E-state index in [1.165, 1.54) is 11.3 Å². The molecule has 0 N–H and O–H groups in total. The molecule has 0 fully saturated rings. The zero-order valence-electron chi connectivity index (χ0n) is 14.2. The molecule has 1 amide bonds. The highest BCUT2D eigenvalue weighted by Gasteiger charge is 2.09. The number of aromatic nitrogens is 1. The van der Waals surface area contributed by atoms with Crippen LogP contribution in [0.2, 0.25) is 0 Å². The molecule has 0 bridgehead atoms. The van der Waals surface area contributed by atoms with E-state index in [-0.39, 0.29) is 5.91 Å². The highest BCUT2D eigenvalue weighted by molar-refractivity contribution is 7.16. The molecule has 5 heteroatoms. The number of thiazole rings is 1. The van der Waals surface area contributed by atoms with Gasteiger partial charge < -0.3 is 9.30 Å². The van der Waals surface area contributed by atoms with Gasteiger partial charge in [0.15, 0.2) is 4.80 Å². The van der Waals surface area contributed by atoms with Crippen LogP contribution >= 0.6 is 11.3 Å². The molecule has 1 heterocycles. The number of hydrogen-bond donors (Lipinski definition) is 0. The summed E-state index contributed by atoms with van der Waals surface area (Å²) in [5.74, 6) is 3.15. The maximum absolute atomic E-state index is 12.5. The highest BCUT2D eigenvalue weighted by atomic mass is 32.1. The normalized spacial score (nSPS) is 11.5. The van der Waals surface area contributed by atoms with E-state index in [4.69, 9.17) is 11.2 Å². The van der Waals surface area contributed by atoms with Crippen LogP contribution in [0.4, 0.5) is 0 Å². The highest BCUT2D eigenvalue weighted by Crippen LogP contribution is 2.23. The van der Waals surface area contributed by atoms with Crippen LogP contribution in [0.25, 0.3) is 10.2 Å². The Kier molecular flexibility index (Phi) is 5.01. The van der Waals surface area contributed by atoms with Gasteiger partial charge in [0, 0.05) is 5.56 Å². The molecular formula is C20H18N2O2S. The molecule has 2 aromatic carbocycles. The van der Waals surface area contributed by atoms with Gasteiger partial charge in [-0.05, 0) is 44.2 Å². The van der Waals surface area contributed by atoms with Gasteiger partial charge in [-0.15, -0.1) is 6.42 Å². The number of carbonyl (C=O) groups is 1. The Morgan fingerprint density at radius 3 is 2.72 bits per heavy atom. The molecule has 0 saturated heterocycles. The zero-order valence-corrected chi connectivity index (χ0v) is 15.0. The zero-order chi connectivity index (χ0) is 17.8. The van der Waals surface area contributed by atoms with Gasteiger partial charge >= 0.3 is 0 Å². The fourth-order valence-electron chi connectivity index (χ4n) is 2.49. The van der Waals surface area contributed by atoms with Crippen LogP contribution in [-0.4, -0.2) is 17.1 Å². The third-order valence-electron chi connectivity index (χ3n) is 3.71. The van der Waals surface area contributed by atoms with E-state index in [0.717, 1.165) is 21.5 Å². The smallest absolute Gasteiger partial charge is 0.279 e. The van der Waals surface area contributed by atoms with Gasteiger partial charge in [-0.2, -0.15) is 4.99 Å². The van der Waals surface area contributed by atoms with Gasteiger partial charge in [-0.1, -0.05) is 35.0 Å². The summed E-state index contributed by atoms with van der Waals surface area (Å²) < 4.78 is 8.40. The molecule has 0 aliphatic heterocycles. The van der Waals surface area contributed by atoms with E-state index < -0.39 is 0 Å². The maximum atomic E-state index is 12.5. The Labute approximate surface area is 150 Å². The SMILES string of the molecule is C#CCn1c(=NC(=O)c2ccc(C)cc2)sc2cc(OCC)ccc21. The summed E-state index contributed by atoms with van der Waals surface area (Å²) >= 11 is 1.43. The first-order valence-corrected chi connectivity index (χ1v) is 8.79. The molecule has 0 saturated carbocycles. The summed E-state index contributed by atoms with van der Waals surface area (Å²) in [6.07, 6.45) is 5.50. The molecule has 3 aromatic rings. The second-order valence-corrected chi connectivity index (χ2v) is 6.53. The molecule has 3 rings (SSSR count). The number of rotatable bonds is 4. The molecule has 0 atom stereocenters. The summed E-state index contributed by atoms with van der Waals surface area (Å²) in [5.41, 5.74) is 2.61. The average Bonchev–Trinajstić information content (AvgIpc) is 2.93. The molecule has 0 spiro atoms. The van der Waals surface area contributed by atoms with Gasteiger partial charge in [0.2, 0.25) is 0 Å². The largest absolute Gasteiger partial charge is 0.494 e. The van der Waals surface area contributed by atoms with Crippen LogP contribution in [-0.2, 0) is 6.54 Å². The summed E-state index contributed by atoms with van der Waals surface area (Å²) in [4.78, 5) is 17.4. The van der Waals surface area contributed by atoms with E-state index in [9.17, 15) is 4.79 Å². The lowest BCUT2D eigenvalue weighted by molar-refractivity contribution is 0.0998. The average molecular weight is 350 g/mol. The number of ether oxygens (including phenoxy) is 1. The Hall–Kier alpha value is -2.84. The van der Waals surface area contributed by atoms with E-state index in [2.05, 4.69) is 10.9 Å². The number of aryl methyl sites for hydroxylation is 1. The van der Waals surface area contributed by atoms with Crippen molar-refractivity contribution in [2.24, 2.45) is 4.99 Å². The molecule has 0 unspecified atom stereocenters. The molecule has 1 aromatic heterocycles. The predicted octanol–water partition coefficient (Wildman–Crippen LogP) is 3.78. The Morgan fingerprint density at radius 1 is 1.28 bits per heavy atom. The van der Waals surface area contributed by atoms with Gasteiger partial charge in [0.25, 0.3) is 5.91 Å². The quantitative estimate of drug-likeness (QED) is 0.672. The third kappa shape index (κ3) is 3.65. The monoisotopic (exact) mass is 350 g/mol. The van der Waals surface area contributed by atoms with Crippen LogP contribution in [0.5, 0.6) is 5.75 Å². The molecule has 0 aliphatic carbocycles. The van der Waals surface area contributed by atoms with Crippen molar-refractivity contribution < 1.29 is 9.53 Å². The molecule has 25 heavy (non-hydrogen) atoms. The number of hydrogen-bond acceptors (Lipinski definition) is 3. The lowest BCUT2D eigenvalue weighted by atomic mass is 10.1. The molecule has 126 valence electrons. The van der Waals surface area contributed by atoms with Crippen molar-refractivity contribution in [1.82, 2.24) is 4.57 Å². The second-order valence-electron chi connectivity index (χ2n) is 5.52. The van der Waals surface area contributed by atoms with E-state index in [1.807, 2.05) is 48.7 Å². The number of benzene rings is 2. The number of terminal acetylenes is 1. The fourth-order valence-corrected chi connectivity index (χ4v) is 3.54. The van der Waals surface area contributed by atoms with Crippen LogP contribution in [0.3, 0.4) is 0 Å². The summed E-state index contributed by atoms with van der Waals surface area (Å²) in [6, 6.07) is 13.2. The fraction of sp³-hybridized carbons (Fsp3) is 0.200. The third-order valence-corrected chi connectivity index (χ3v) is 4.75. The van der Waals surface area contributed by atoms with Crippen LogP contribution in [0.1, 0.15) is 22.8 Å². The first kappa shape index (κ1) is 17.0. The molecule has 4 nitrogen and oxygen atoms in total. The Morgan fingerprint density at radius 2 is 2.04 bits per heavy atom. The number of carbonyl (C=O) groups excluding carboxylic acids is 1. The van der Waals surface area contributed by atoms with Crippen LogP contribution in [0.15, 0.2) is 47.5 Å². The predicted molar refractivity (Wildman–Crippen MR) is 101 cm³/mol. The van der Waals surface area contributed by atoms with Crippen molar-refractivity contribution >= 4 is 27.5 Å². The maximum Gasteiger partial charge on any atom is 0.279 e. The van der Waals surface area contributed by atoms with Gasteiger partial charge in [-0.25, -0.2) is 0 Å². The standard InChI is InChI=1S/C20H18N2O2S/c1-4-12-22-17-11-10-16(24-5-2)13-18(17)25-20(22)21-19(23)15-8-6-14(3)7-9-15/h1,6-11,13H,5,12H2,2-3H3. The van der Waals surface area contributed by atoms with E-state index >= 15 is 0 Å². The van der Waals surface area contributed by atoms with E-state index in [1.54, 1.807) is 12.1 Å². The van der Waals surface area contributed by atoms with Crippen molar-refractivity contribution in [1.29, 1.82) is 0 Å². The molecule has 0 radical (unpaired) electrons. The topological polar surface area (TPSA) is 43.6 Å². The lowest BCUT2D eigenvalue weighted by Gasteiger charge is -2.03. The van der Waals surface area contributed by atoms with Gasteiger partial charge in [0.05, 0.1) is 23.4 Å². The lowest BCUT2D eigenvalue weighted by Crippen LogP contribution is -2.16. The van der Waals surface area contributed by atoms with E-state index in [0.29, 0.717) is 23.5 Å². The van der Waals surface area contributed by atoms with Gasteiger partial charge in [-0.3, -0.25) is 4.79 Å². The summed E-state index contributed by atoms with van der Waals surface area (Å²) in [7, 11) is 0. The van der Waals surface area contributed by atoms with Crippen molar-refractivity contribution in [3.63, 3.8) is 0 Å².